The number of alkyl halides is 3. The number of halogens is 3. The first kappa shape index (κ1) is 21.2. The monoisotopic (exact) mass is 459 g/mol. The first-order valence-corrected chi connectivity index (χ1v) is 10.3. The maximum atomic E-state index is 13.2. The Labute approximate surface area is 184 Å². The highest BCUT2D eigenvalue weighted by Crippen LogP contribution is 2.31. The Morgan fingerprint density at radius 1 is 1.03 bits per heavy atom. The van der Waals surface area contributed by atoms with Crippen LogP contribution in [0.25, 0.3) is 22.2 Å². The topological polar surface area (TPSA) is 114 Å². The van der Waals surface area contributed by atoms with E-state index in [1.54, 1.807) is 12.3 Å². The van der Waals surface area contributed by atoms with Crippen molar-refractivity contribution in [3.63, 3.8) is 0 Å². The number of H-pyrrole nitrogens is 3. The van der Waals surface area contributed by atoms with Crippen molar-refractivity contribution >= 4 is 28.0 Å². The number of piperazine rings is 1. The van der Waals surface area contributed by atoms with Gasteiger partial charge in [0.25, 0.3) is 5.56 Å². The molecule has 4 aromatic rings. The fraction of sp³-hybridized carbons (Fsp3) is 0.333. The molecule has 0 aromatic carbocycles. The predicted molar refractivity (Wildman–Crippen MR) is 116 cm³/mol. The molecule has 33 heavy (non-hydrogen) atoms. The molecule has 12 heteroatoms. The third-order valence-electron chi connectivity index (χ3n) is 5.90. The summed E-state index contributed by atoms with van der Waals surface area (Å²) < 4.78 is 39.5. The zero-order valence-corrected chi connectivity index (χ0v) is 17.6. The third kappa shape index (κ3) is 3.97. The summed E-state index contributed by atoms with van der Waals surface area (Å²) in [6.45, 7) is 4.74. The van der Waals surface area contributed by atoms with Crippen molar-refractivity contribution in [2.24, 2.45) is 0 Å². The Bertz CT molecular complexity index is 1460. The highest BCUT2D eigenvalue weighted by Gasteiger charge is 2.36. The van der Waals surface area contributed by atoms with Gasteiger partial charge in [-0.25, -0.2) is 9.78 Å². The van der Waals surface area contributed by atoms with E-state index >= 15 is 0 Å². The molecule has 1 saturated heterocycles. The Morgan fingerprint density at radius 3 is 2.52 bits per heavy atom. The zero-order valence-electron chi connectivity index (χ0n) is 17.6. The van der Waals surface area contributed by atoms with Crippen molar-refractivity contribution in [1.82, 2.24) is 29.8 Å². The maximum absolute atomic E-state index is 13.2. The molecule has 1 fully saturated rings. The number of fused-ring (bicyclic) bond motifs is 2. The Balaban J connectivity index is 1.30. The van der Waals surface area contributed by atoms with Crippen molar-refractivity contribution in [2.75, 3.05) is 31.1 Å². The van der Waals surface area contributed by atoms with Crippen molar-refractivity contribution in [2.45, 2.75) is 19.6 Å². The standard InChI is InChI=1S/C21H20F3N7O2/c1-11-16(21(22,23)24)19(32)26-14-8-12(9-25-17(11)14)10-30-4-6-31(7-5-30)15-3-2-13-18(28-15)29-20(33)27-13/h2-3,8-9H,4-7,10H2,1H3,(H,26,32)(H2,27,28,29,33). The summed E-state index contributed by atoms with van der Waals surface area (Å²) in [7, 11) is 0. The van der Waals surface area contributed by atoms with Crippen LogP contribution in [0.2, 0.25) is 0 Å². The van der Waals surface area contributed by atoms with E-state index in [0.29, 0.717) is 23.2 Å². The number of pyridine rings is 3. The average molecular weight is 459 g/mol. The molecule has 5 rings (SSSR count). The molecule has 0 atom stereocenters. The molecule has 172 valence electrons. The minimum atomic E-state index is -4.73. The van der Waals surface area contributed by atoms with Gasteiger partial charge in [-0.15, -0.1) is 0 Å². The molecule has 0 amide bonds. The first-order valence-electron chi connectivity index (χ1n) is 10.3. The lowest BCUT2D eigenvalue weighted by Crippen LogP contribution is -2.46. The number of anilines is 1. The van der Waals surface area contributed by atoms with E-state index in [4.69, 9.17) is 0 Å². The molecule has 0 radical (unpaired) electrons. The van der Waals surface area contributed by atoms with Crippen LogP contribution in [-0.4, -0.2) is 56.0 Å². The van der Waals surface area contributed by atoms with Gasteiger partial charge in [-0.1, -0.05) is 0 Å². The lowest BCUT2D eigenvalue weighted by molar-refractivity contribution is -0.139. The molecule has 0 spiro atoms. The minimum Gasteiger partial charge on any atom is -0.354 e. The van der Waals surface area contributed by atoms with E-state index in [0.717, 1.165) is 37.6 Å². The van der Waals surface area contributed by atoms with Gasteiger partial charge in [0.1, 0.15) is 11.4 Å². The zero-order chi connectivity index (χ0) is 23.3. The van der Waals surface area contributed by atoms with Crippen LogP contribution in [0.15, 0.2) is 34.0 Å². The first-order chi connectivity index (χ1) is 15.7. The van der Waals surface area contributed by atoms with Crippen molar-refractivity contribution in [1.29, 1.82) is 0 Å². The normalized spacial score (nSPS) is 15.6. The molecule has 0 unspecified atom stereocenters. The average Bonchev–Trinajstić information content (AvgIpc) is 3.12. The number of aromatic amines is 3. The lowest BCUT2D eigenvalue weighted by Gasteiger charge is -2.35. The SMILES string of the molecule is Cc1c(C(F)(F)F)c(=O)[nH]c2cc(CN3CCN(c4ccc5[nH]c(=O)[nH]c5n4)CC3)cnc12. The molecule has 4 aromatic heterocycles. The highest BCUT2D eigenvalue weighted by molar-refractivity contribution is 5.79. The Kier molecular flexibility index (Phi) is 4.96. The summed E-state index contributed by atoms with van der Waals surface area (Å²) in [5.41, 5.74) is -0.434. The lowest BCUT2D eigenvalue weighted by atomic mass is 10.1. The van der Waals surface area contributed by atoms with E-state index in [2.05, 4.69) is 34.7 Å². The number of imidazole rings is 1. The van der Waals surface area contributed by atoms with Gasteiger partial charge >= 0.3 is 11.9 Å². The molecular weight excluding hydrogens is 439 g/mol. The minimum absolute atomic E-state index is 0.139. The van der Waals surface area contributed by atoms with Crippen LogP contribution in [0.5, 0.6) is 0 Å². The number of nitrogens with zero attached hydrogens (tertiary/aromatic N) is 4. The molecule has 0 aliphatic carbocycles. The van der Waals surface area contributed by atoms with Gasteiger partial charge in [-0.05, 0) is 36.2 Å². The third-order valence-corrected chi connectivity index (χ3v) is 5.90. The van der Waals surface area contributed by atoms with Gasteiger partial charge in [-0.3, -0.25) is 19.7 Å². The maximum Gasteiger partial charge on any atom is 0.422 e. The number of aromatic nitrogens is 5. The van der Waals surface area contributed by atoms with Gasteiger partial charge in [0, 0.05) is 38.9 Å². The smallest absolute Gasteiger partial charge is 0.354 e. The quantitative estimate of drug-likeness (QED) is 0.433. The number of hydrogen-bond acceptors (Lipinski definition) is 6. The predicted octanol–water partition coefficient (Wildman–Crippen LogP) is 2.14. The van der Waals surface area contributed by atoms with Crippen molar-refractivity contribution in [3.8, 4) is 0 Å². The second kappa shape index (κ2) is 7.73. The molecule has 5 heterocycles. The van der Waals surface area contributed by atoms with Crippen molar-refractivity contribution < 1.29 is 13.2 Å². The molecule has 1 aliphatic rings. The van der Waals surface area contributed by atoms with E-state index in [-0.39, 0.29) is 16.8 Å². The molecule has 0 bridgehead atoms. The molecular formula is C21H20F3N7O2. The van der Waals surface area contributed by atoms with Gasteiger partial charge in [-0.2, -0.15) is 13.2 Å². The molecule has 0 saturated carbocycles. The summed E-state index contributed by atoms with van der Waals surface area (Å²) in [5, 5.41) is 0. The Hall–Kier alpha value is -3.67. The van der Waals surface area contributed by atoms with Gasteiger partial charge < -0.3 is 14.9 Å². The fourth-order valence-electron chi connectivity index (χ4n) is 4.28. The van der Waals surface area contributed by atoms with Crippen LogP contribution in [-0.2, 0) is 12.7 Å². The number of rotatable bonds is 3. The van der Waals surface area contributed by atoms with E-state index < -0.39 is 17.3 Å². The van der Waals surface area contributed by atoms with Gasteiger partial charge in [0.2, 0.25) is 0 Å². The number of aryl methyl sites for hydroxylation is 1. The largest absolute Gasteiger partial charge is 0.422 e. The van der Waals surface area contributed by atoms with E-state index in [1.807, 2.05) is 12.1 Å². The molecule has 9 nitrogen and oxygen atoms in total. The summed E-state index contributed by atoms with van der Waals surface area (Å²) >= 11 is 0. The molecule has 1 aliphatic heterocycles. The van der Waals surface area contributed by atoms with Crippen LogP contribution >= 0.6 is 0 Å². The van der Waals surface area contributed by atoms with Crippen LogP contribution in [0.4, 0.5) is 19.0 Å². The Morgan fingerprint density at radius 2 is 1.79 bits per heavy atom. The van der Waals surface area contributed by atoms with Gasteiger partial charge in [0.05, 0.1) is 16.6 Å². The second-order valence-corrected chi connectivity index (χ2v) is 8.10. The second-order valence-electron chi connectivity index (χ2n) is 8.10. The van der Waals surface area contributed by atoms with Crippen LogP contribution in [0.1, 0.15) is 16.7 Å². The van der Waals surface area contributed by atoms with Gasteiger partial charge in [0.15, 0.2) is 5.65 Å². The van der Waals surface area contributed by atoms with Crippen LogP contribution in [0.3, 0.4) is 0 Å². The summed E-state index contributed by atoms with van der Waals surface area (Å²) in [6, 6.07) is 5.36. The van der Waals surface area contributed by atoms with E-state index in [1.165, 1.54) is 6.92 Å². The summed E-state index contributed by atoms with van der Waals surface area (Å²) in [6.07, 6.45) is -3.18. The highest BCUT2D eigenvalue weighted by atomic mass is 19.4. The number of nitrogens with one attached hydrogen (secondary N) is 3. The number of hydrogen-bond donors (Lipinski definition) is 3. The van der Waals surface area contributed by atoms with Crippen LogP contribution in [0, 0.1) is 6.92 Å². The van der Waals surface area contributed by atoms with Crippen LogP contribution < -0.4 is 16.1 Å². The summed E-state index contributed by atoms with van der Waals surface area (Å²) in [5.74, 6) is 0.776. The molecule has 3 N–H and O–H groups in total. The fourth-order valence-corrected chi connectivity index (χ4v) is 4.28. The van der Waals surface area contributed by atoms with E-state index in [9.17, 15) is 22.8 Å². The van der Waals surface area contributed by atoms with Crippen molar-refractivity contribution in [3.05, 3.63) is 61.9 Å². The summed E-state index contributed by atoms with van der Waals surface area (Å²) in [4.78, 5) is 44.1.